The summed E-state index contributed by atoms with van der Waals surface area (Å²) in [4.78, 5) is 3.30. The normalized spacial score (nSPS) is 10.1. The van der Waals surface area contributed by atoms with Gasteiger partial charge in [0.1, 0.15) is 11.9 Å². The van der Waals surface area contributed by atoms with Gasteiger partial charge < -0.3 is 4.90 Å². The molecular weight excluding hydrogens is 247 g/mol. The van der Waals surface area contributed by atoms with Crippen LogP contribution in [0.5, 0.6) is 0 Å². The molecule has 18 heavy (non-hydrogen) atoms. The molecule has 1 aromatic heterocycles. The molecule has 0 N–H and O–H groups in total. The molecule has 0 amide bonds. The lowest BCUT2D eigenvalue weighted by Gasteiger charge is -2.23. The summed E-state index contributed by atoms with van der Waals surface area (Å²) in [5.74, 6) is -0.373. The quantitative estimate of drug-likeness (QED) is 0.836. The van der Waals surface area contributed by atoms with Gasteiger partial charge in [-0.3, -0.25) is 0 Å². The molecule has 0 aliphatic heterocycles. The molecule has 0 fully saturated rings. The van der Waals surface area contributed by atoms with E-state index in [1.165, 1.54) is 17.0 Å². The SMILES string of the molecule is CCN(Cc1cccs1)c1ccc(F)cc1C#N. The zero-order chi connectivity index (χ0) is 13.0. The summed E-state index contributed by atoms with van der Waals surface area (Å²) in [5.41, 5.74) is 1.17. The van der Waals surface area contributed by atoms with Crippen LogP contribution in [-0.2, 0) is 6.54 Å². The highest BCUT2D eigenvalue weighted by Crippen LogP contribution is 2.24. The van der Waals surface area contributed by atoms with E-state index in [9.17, 15) is 4.39 Å². The summed E-state index contributed by atoms with van der Waals surface area (Å²) >= 11 is 1.68. The second-order valence-electron chi connectivity index (χ2n) is 3.87. The zero-order valence-corrected chi connectivity index (χ0v) is 10.9. The molecule has 0 atom stereocenters. The van der Waals surface area contributed by atoms with Gasteiger partial charge in [-0.2, -0.15) is 5.26 Å². The molecule has 0 aliphatic rings. The molecule has 4 heteroatoms. The summed E-state index contributed by atoms with van der Waals surface area (Å²) in [7, 11) is 0. The van der Waals surface area contributed by atoms with Gasteiger partial charge in [0.15, 0.2) is 0 Å². The van der Waals surface area contributed by atoms with E-state index in [0.717, 1.165) is 18.8 Å². The van der Waals surface area contributed by atoms with Crippen LogP contribution >= 0.6 is 11.3 Å². The van der Waals surface area contributed by atoms with Crippen LogP contribution in [0.2, 0.25) is 0 Å². The molecule has 0 bridgehead atoms. The van der Waals surface area contributed by atoms with Crippen molar-refractivity contribution in [3.63, 3.8) is 0 Å². The number of halogens is 1. The molecule has 2 nitrogen and oxygen atoms in total. The summed E-state index contributed by atoms with van der Waals surface area (Å²) < 4.78 is 13.1. The van der Waals surface area contributed by atoms with Gasteiger partial charge in [0.2, 0.25) is 0 Å². The summed E-state index contributed by atoms with van der Waals surface area (Å²) in [6.45, 7) is 3.55. The van der Waals surface area contributed by atoms with E-state index in [2.05, 4.69) is 17.0 Å². The number of hydrogen-bond acceptors (Lipinski definition) is 3. The Bertz CT molecular complexity index is 558. The van der Waals surface area contributed by atoms with E-state index in [1.807, 2.05) is 18.4 Å². The number of rotatable bonds is 4. The Hall–Kier alpha value is -1.86. The third-order valence-corrected chi connectivity index (χ3v) is 3.59. The first-order chi connectivity index (χ1) is 8.74. The van der Waals surface area contributed by atoms with Crippen LogP contribution in [-0.4, -0.2) is 6.54 Å². The Kier molecular flexibility index (Phi) is 3.96. The van der Waals surface area contributed by atoms with E-state index in [-0.39, 0.29) is 5.82 Å². The maximum Gasteiger partial charge on any atom is 0.124 e. The van der Waals surface area contributed by atoms with E-state index in [4.69, 9.17) is 5.26 Å². The molecule has 0 spiro atoms. The highest BCUT2D eigenvalue weighted by Gasteiger charge is 2.11. The van der Waals surface area contributed by atoms with Gasteiger partial charge in [-0.25, -0.2) is 4.39 Å². The molecule has 1 heterocycles. The fraction of sp³-hybridized carbons (Fsp3) is 0.214. The minimum absolute atomic E-state index is 0.373. The first-order valence-corrected chi connectivity index (χ1v) is 6.59. The minimum Gasteiger partial charge on any atom is -0.366 e. The third-order valence-electron chi connectivity index (χ3n) is 2.73. The molecular formula is C14H13FN2S. The van der Waals surface area contributed by atoms with Crippen molar-refractivity contribution in [1.82, 2.24) is 0 Å². The van der Waals surface area contributed by atoms with E-state index in [0.29, 0.717) is 5.56 Å². The second kappa shape index (κ2) is 5.65. The molecule has 0 unspecified atom stereocenters. The van der Waals surface area contributed by atoms with Crippen LogP contribution in [0.3, 0.4) is 0 Å². The number of anilines is 1. The number of nitriles is 1. The number of benzene rings is 1. The average Bonchev–Trinajstić information content (AvgIpc) is 2.89. The fourth-order valence-electron chi connectivity index (χ4n) is 1.83. The lowest BCUT2D eigenvalue weighted by atomic mass is 10.1. The Morgan fingerprint density at radius 1 is 1.39 bits per heavy atom. The predicted molar refractivity (Wildman–Crippen MR) is 72.2 cm³/mol. The zero-order valence-electron chi connectivity index (χ0n) is 10.1. The van der Waals surface area contributed by atoms with Crippen LogP contribution in [0.15, 0.2) is 35.7 Å². The van der Waals surface area contributed by atoms with Gasteiger partial charge in [-0.05, 0) is 36.6 Å². The highest BCUT2D eigenvalue weighted by atomic mass is 32.1. The fourth-order valence-corrected chi connectivity index (χ4v) is 2.55. The molecule has 0 aliphatic carbocycles. The van der Waals surface area contributed by atoms with Crippen molar-refractivity contribution in [2.24, 2.45) is 0 Å². The van der Waals surface area contributed by atoms with Crippen LogP contribution in [0.4, 0.5) is 10.1 Å². The predicted octanol–water partition coefficient (Wildman–Crippen LogP) is 3.79. The summed E-state index contributed by atoms with van der Waals surface area (Å²) in [5, 5.41) is 11.1. The Morgan fingerprint density at radius 3 is 2.83 bits per heavy atom. The second-order valence-corrected chi connectivity index (χ2v) is 4.90. The largest absolute Gasteiger partial charge is 0.366 e. The molecule has 92 valence electrons. The van der Waals surface area contributed by atoms with E-state index in [1.54, 1.807) is 17.4 Å². The number of hydrogen-bond donors (Lipinski definition) is 0. The monoisotopic (exact) mass is 260 g/mol. The first-order valence-electron chi connectivity index (χ1n) is 5.71. The van der Waals surface area contributed by atoms with Gasteiger partial charge in [-0.1, -0.05) is 6.07 Å². The summed E-state index contributed by atoms with van der Waals surface area (Å²) in [6, 6.07) is 10.5. The lowest BCUT2D eigenvalue weighted by Crippen LogP contribution is -2.22. The Morgan fingerprint density at radius 2 is 2.22 bits per heavy atom. The van der Waals surface area contributed by atoms with Crippen LogP contribution in [0.1, 0.15) is 17.4 Å². The topological polar surface area (TPSA) is 27.0 Å². The average molecular weight is 260 g/mol. The van der Waals surface area contributed by atoms with Gasteiger partial charge >= 0.3 is 0 Å². The number of thiophene rings is 1. The molecule has 0 radical (unpaired) electrons. The Labute approximate surface area is 110 Å². The van der Waals surface area contributed by atoms with Crippen molar-refractivity contribution >= 4 is 17.0 Å². The lowest BCUT2D eigenvalue weighted by molar-refractivity contribution is 0.627. The van der Waals surface area contributed by atoms with Crippen molar-refractivity contribution in [2.75, 3.05) is 11.4 Å². The summed E-state index contributed by atoms with van der Waals surface area (Å²) in [6.07, 6.45) is 0. The van der Waals surface area contributed by atoms with Crippen molar-refractivity contribution in [1.29, 1.82) is 5.26 Å². The van der Waals surface area contributed by atoms with Gasteiger partial charge in [-0.15, -0.1) is 11.3 Å². The smallest absolute Gasteiger partial charge is 0.124 e. The third kappa shape index (κ3) is 2.69. The van der Waals surface area contributed by atoms with Crippen molar-refractivity contribution in [3.05, 3.63) is 52.0 Å². The molecule has 0 saturated carbocycles. The van der Waals surface area contributed by atoms with Crippen molar-refractivity contribution in [3.8, 4) is 6.07 Å². The van der Waals surface area contributed by atoms with E-state index >= 15 is 0 Å². The maximum absolute atomic E-state index is 13.1. The molecule has 2 aromatic rings. The van der Waals surface area contributed by atoms with Crippen LogP contribution in [0.25, 0.3) is 0 Å². The molecule has 1 aromatic carbocycles. The van der Waals surface area contributed by atoms with Crippen LogP contribution < -0.4 is 4.90 Å². The van der Waals surface area contributed by atoms with Crippen LogP contribution in [0, 0.1) is 17.1 Å². The minimum atomic E-state index is -0.373. The maximum atomic E-state index is 13.1. The standard InChI is InChI=1S/C14H13FN2S/c1-2-17(10-13-4-3-7-18-13)14-6-5-12(15)8-11(14)9-16/h3-8H,2,10H2,1H3. The first kappa shape index (κ1) is 12.6. The number of nitrogens with zero attached hydrogens (tertiary/aromatic N) is 2. The van der Waals surface area contributed by atoms with Gasteiger partial charge in [0.05, 0.1) is 17.8 Å². The van der Waals surface area contributed by atoms with Gasteiger partial charge in [0.25, 0.3) is 0 Å². The molecule has 0 saturated heterocycles. The molecule has 2 rings (SSSR count). The Balaban J connectivity index is 2.30. The van der Waals surface area contributed by atoms with Crippen molar-refractivity contribution < 1.29 is 4.39 Å². The highest BCUT2D eigenvalue weighted by molar-refractivity contribution is 7.09. The van der Waals surface area contributed by atoms with Gasteiger partial charge in [0, 0.05) is 11.4 Å². The van der Waals surface area contributed by atoms with Crippen molar-refractivity contribution in [2.45, 2.75) is 13.5 Å². The van der Waals surface area contributed by atoms with E-state index < -0.39 is 0 Å².